The van der Waals surface area contributed by atoms with Gasteiger partial charge in [0, 0.05) is 32.7 Å². The van der Waals surface area contributed by atoms with E-state index in [1.807, 2.05) is 0 Å². The second kappa shape index (κ2) is 6.58. The maximum Gasteiger partial charge on any atom is 0.261 e. The minimum absolute atomic E-state index is 0.139. The Bertz CT molecular complexity index is 530. The molecule has 2 aliphatic heterocycles. The molecule has 2 heterocycles. The maximum atomic E-state index is 12.2. The standard InChI is InChI=1S/C17H23N3O2/c1-18-10-12-19(13-11-18)8-4-5-9-20-16(21)14-6-2-3-7-15(14)17(20)22/h2-3,6-7H,4-5,8-13H2,1H3. The van der Waals surface area contributed by atoms with Gasteiger partial charge in [0.15, 0.2) is 0 Å². The van der Waals surface area contributed by atoms with Crippen LogP contribution in [-0.4, -0.2) is 72.8 Å². The van der Waals surface area contributed by atoms with Crippen LogP contribution in [0, 0.1) is 0 Å². The third-order valence-electron chi connectivity index (χ3n) is 4.58. The molecule has 2 amide bonds. The first-order valence-electron chi connectivity index (χ1n) is 8.03. The normalized spacial score (nSPS) is 19.8. The first kappa shape index (κ1) is 15.2. The number of fused-ring (bicyclic) bond motifs is 1. The number of imide groups is 1. The Kier molecular flexibility index (Phi) is 4.55. The van der Waals surface area contributed by atoms with Crippen LogP contribution in [0.15, 0.2) is 24.3 Å². The lowest BCUT2D eigenvalue weighted by molar-refractivity contribution is 0.0649. The third kappa shape index (κ3) is 3.05. The summed E-state index contributed by atoms with van der Waals surface area (Å²) in [6, 6.07) is 7.08. The number of likely N-dealkylation sites (N-methyl/N-ethyl adjacent to an activating group) is 1. The zero-order valence-electron chi connectivity index (χ0n) is 13.1. The van der Waals surface area contributed by atoms with Gasteiger partial charge in [-0.15, -0.1) is 0 Å². The molecule has 0 radical (unpaired) electrons. The average Bonchev–Trinajstić information content (AvgIpc) is 2.78. The number of carbonyl (C=O) groups is 2. The minimum atomic E-state index is -0.139. The monoisotopic (exact) mass is 301 g/mol. The number of hydrogen-bond donors (Lipinski definition) is 0. The van der Waals surface area contributed by atoms with E-state index in [1.54, 1.807) is 24.3 Å². The number of carbonyl (C=O) groups excluding carboxylic acids is 2. The van der Waals surface area contributed by atoms with Crippen molar-refractivity contribution in [3.63, 3.8) is 0 Å². The van der Waals surface area contributed by atoms with E-state index in [-0.39, 0.29) is 11.8 Å². The Morgan fingerprint density at radius 3 is 2.00 bits per heavy atom. The molecule has 0 aromatic heterocycles. The predicted octanol–water partition coefficient (Wildman–Crippen LogP) is 1.31. The molecule has 0 atom stereocenters. The number of piperazine rings is 1. The van der Waals surface area contributed by atoms with Crippen molar-refractivity contribution in [1.82, 2.24) is 14.7 Å². The van der Waals surface area contributed by atoms with Crippen molar-refractivity contribution in [3.05, 3.63) is 35.4 Å². The van der Waals surface area contributed by atoms with Gasteiger partial charge in [-0.2, -0.15) is 0 Å². The number of nitrogens with zero attached hydrogens (tertiary/aromatic N) is 3. The zero-order chi connectivity index (χ0) is 15.5. The molecule has 0 saturated carbocycles. The van der Waals surface area contributed by atoms with Crippen molar-refractivity contribution in [2.24, 2.45) is 0 Å². The molecule has 2 aliphatic rings. The predicted molar refractivity (Wildman–Crippen MR) is 85.0 cm³/mol. The lowest BCUT2D eigenvalue weighted by Crippen LogP contribution is -2.44. The van der Waals surface area contributed by atoms with Gasteiger partial charge >= 0.3 is 0 Å². The maximum absolute atomic E-state index is 12.2. The molecule has 118 valence electrons. The highest BCUT2D eigenvalue weighted by Gasteiger charge is 2.34. The summed E-state index contributed by atoms with van der Waals surface area (Å²) in [4.78, 5) is 30.7. The summed E-state index contributed by atoms with van der Waals surface area (Å²) in [5, 5.41) is 0. The molecule has 0 aliphatic carbocycles. The summed E-state index contributed by atoms with van der Waals surface area (Å²) in [5.74, 6) is -0.277. The molecular weight excluding hydrogens is 278 g/mol. The fourth-order valence-electron chi connectivity index (χ4n) is 3.12. The van der Waals surface area contributed by atoms with Gasteiger partial charge in [-0.05, 0) is 38.6 Å². The Balaban J connectivity index is 1.45. The van der Waals surface area contributed by atoms with E-state index in [0.29, 0.717) is 17.7 Å². The fraction of sp³-hybridized carbons (Fsp3) is 0.529. The quantitative estimate of drug-likeness (QED) is 0.607. The molecule has 0 unspecified atom stereocenters. The SMILES string of the molecule is CN1CCN(CCCCN2C(=O)c3ccccc3C2=O)CC1. The van der Waals surface area contributed by atoms with E-state index >= 15 is 0 Å². The molecule has 0 spiro atoms. The number of unbranched alkanes of at least 4 members (excludes halogenated alkanes) is 1. The topological polar surface area (TPSA) is 43.9 Å². The molecule has 0 bridgehead atoms. The summed E-state index contributed by atoms with van der Waals surface area (Å²) in [7, 11) is 2.15. The smallest absolute Gasteiger partial charge is 0.261 e. The third-order valence-corrected chi connectivity index (χ3v) is 4.58. The molecule has 5 nitrogen and oxygen atoms in total. The molecular formula is C17H23N3O2. The molecule has 1 fully saturated rings. The van der Waals surface area contributed by atoms with Gasteiger partial charge in [-0.1, -0.05) is 12.1 Å². The number of hydrogen-bond acceptors (Lipinski definition) is 4. The van der Waals surface area contributed by atoms with Crippen LogP contribution in [0.1, 0.15) is 33.6 Å². The summed E-state index contributed by atoms with van der Waals surface area (Å²) >= 11 is 0. The molecule has 22 heavy (non-hydrogen) atoms. The van der Waals surface area contributed by atoms with Crippen LogP contribution in [0.4, 0.5) is 0 Å². The van der Waals surface area contributed by atoms with Gasteiger partial charge < -0.3 is 9.80 Å². The second-order valence-electron chi connectivity index (χ2n) is 6.16. The van der Waals surface area contributed by atoms with E-state index < -0.39 is 0 Å². The van der Waals surface area contributed by atoms with E-state index in [0.717, 1.165) is 45.6 Å². The summed E-state index contributed by atoms with van der Waals surface area (Å²) in [5.41, 5.74) is 1.10. The molecule has 1 saturated heterocycles. The van der Waals surface area contributed by atoms with Crippen LogP contribution in [0.2, 0.25) is 0 Å². The van der Waals surface area contributed by atoms with Gasteiger partial charge in [0.25, 0.3) is 11.8 Å². The van der Waals surface area contributed by atoms with Crippen molar-refractivity contribution >= 4 is 11.8 Å². The number of benzene rings is 1. The van der Waals surface area contributed by atoms with Gasteiger partial charge in [0.05, 0.1) is 11.1 Å². The highest BCUT2D eigenvalue weighted by Crippen LogP contribution is 2.22. The molecule has 1 aromatic rings. The molecule has 0 N–H and O–H groups in total. The van der Waals surface area contributed by atoms with Crippen LogP contribution < -0.4 is 0 Å². The second-order valence-corrected chi connectivity index (χ2v) is 6.16. The number of amides is 2. The van der Waals surface area contributed by atoms with E-state index in [4.69, 9.17) is 0 Å². The lowest BCUT2D eigenvalue weighted by Gasteiger charge is -2.32. The van der Waals surface area contributed by atoms with Gasteiger partial charge in [-0.25, -0.2) is 0 Å². The Morgan fingerprint density at radius 2 is 1.41 bits per heavy atom. The summed E-state index contributed by atoms with van der Waals surface area (Å²) < 4.78 is 0. The summed E-state index contributed by atoms with van der Waals surface area (Å²) in [6.07, 6.45) is 1.90. The largest absolute Gasteiger partial charge is 0.304 e. The van der Waals surface area contributed by atoms with Crippen molar-refractivity contribution in [3.8, 4) is 0 Å². The van der Waals surface area contributed by atoms with Crippen molar-refractivity contribution in [2.75, 3.05) is 46.3 Å². The lowest BCUT2D eigenvalue weighted by atomic mass is 10.1. The van der Waals surface area contributed by atoms with Crippen LogP contribution in [0.3, 0.4) is 0 Å². The molecule has 1 aromatic carbocycles. The van der Waals surface area contributed by atoms with Gasteiger partial charge in [-0.3, -0.25) is 14.5 Å². The van der Waals surface area contributed by atoms with E-state index in [1.165, 1.54) is 4.90 Å². The van der Waals surface area contributed by atoms with Crippen LogP contribution in [-0.2, 0) is 0 Å². The Labute approximate surface area is 131 Å². The van der Waals surface area contributed by atoms with Crippen LogP contribution in [0.25, 0.3) is 0 Å². The number of rotatable bonds is 5. The van der Waals surface area contributed by atoms with Gasteiger partial charge in [0.1, 0.15) is 0 Å². The van der Waals surface area contributed by atoms with Crippen molar-refractivity contribution < 1.29 is 9.59 Å². The highest BCUT2D eigenvalue weighted by molar-refractivity contribution is 6.21. The first-order valence-corrected chi connectivity index (χ1v) is 8.03. The average molecular weight is 301 g/mol. The highest BCUT2D eigenvalue weighted by atomic mass is 16.2. The Morgan fingerprint density at radius 1 is 0.864 bits per heavy atom. The van der Waals surface area contributed by atoms with E-state index in [9.17, 15) is 9.59 Å². The van der Waals surface area contributed by atoms with E-state index in [2.05, 4.69) is 16.8 Å². The Hall–Kier alpha value is -1.72. The van der Waals surface area contributed by atoms with Gasteiger partial charge in [0.2, 0.25) is 0 Å². The fourth-order valence-corrected chi connectivity index (χ4v) is 3.12. The van der Waals surface area contributed by atoms with Crippen molar-refractivity contribution in [2.45, 2.75) is 12.8 Å². The molecule has 5 heteroatoms. The molecule has 3 rings (SSSR count). The van der Waals surface area contributed by atoms with Crippen LogP contribution in [0.5, 0.6) is 0 Å². The minimum Gasteiger partial charge on any atom is -0.304 e. The van der Waals surface area contributed by atoms with Crippen molar-refractivity contribution in [1.29, 1.82) is 0 Å². The first-order chi connectivity index (χ1) is 10.7. The summed E-state index contributed by atoms with van der Waals surface area (Å²) in [6.45, 7) is 6.06. The van der Waals surface area contributed by atoms with Crippen LogP contribution >= 0.6 is 0 Å². The zero-order valence-corrected chi connectivity index (χ0v) is 13.1.